The summed E-state index contributed by atoms with van der Waals surface area (Å²) in [5, 5.41) is 7.01. The molecular weight excluding hydrogens is 384 g/mol. The summed E-state index contributed by atoms with van der Waals surface area (Å²) in [6.07, 6.45) is 1.40. The van der Waals surface area contributed by atoms with E-state index in [9.17, 15) is 9.59 Å². The van der Waals surface area contributed by atoms with Gasteiger partial charge in [0.05, 0.1) is 13.7 Å². The summed E-state index contributed by atoms with van der Waals surface area (Å²) in [4.78, 5) is 23.3. The van der Waals surface area contributed by atoms with Gasteiger partial charge in [-0.2, -0.15) is 0 Å². The van der Waals surface area contributed by atoms with Gasteiger partial charge in [-0.05, 0) is 67.8 Å². The first kappa shape index (κ1) is 19.7. The number of aryl methyl sites for hydroxylation is 1. The maximum absolute atomic E-state index is 11.9. The summed E-state index contributed by atoms with van der Waals surface area (Å²) in [7, 11) is 1.66. The van der Waals surface area contributed by atoms with Crippen LogP contribution >= 0.6 is 0 Å². The van der Waals surface area contributed by atoms with Crippen LogP contribution in [0.15, 0.2) is 47.0 Å². The summed E-state index contributed by atoms with van der Waals surface area (Å²) < 4.78 is 15.8. The number of aromatic nitrogens is 1. The second-order valence-corrected chi connectivity index (χ2v) is 6.97. The van der Waals surface area contributed by atoms with E-state index >= 15 is 0 Å². The average molecular weight is 406 g/mol. The number of nitrogens with zero attached hydrogens (tertiary/aromatic N) is 1. The largest absolute Gasteiger partial charge is 0.497 e. The molecule has 0 radical (unpaired) electrons. The van der Waals surface area contributed by atoms with Gasteiger partial charge in [-0.15, -0.1) is 0 Å². The number of hydrogen-bond donors (Lipinski definition) is 1. The van der Waals surface area contributed by atoms with Crippen molar-refractivity contribution >= 4 is 17.6 Å². The molecule has 1 aromatic heterocycles. The van der Waals surface area contributed by atoms with Crippen LogP contribution in [0.2, 0.25) is 0 Å². The summed E-state index contributed by atoms with van der Waals surface area (Å²) in [6.45, 7) is 1.95. The van der Waals surface area contributed by atoms with E-state index in [0.717, 1.165) is 46.7 Å². The maximum Gasteiger partial charge on any atom is 0.315 e. The van der Waals surface area contributed by atoms with Gasteiger partial charge >= 0.3 is 5.97 Å². The zero-order chi connectivity index (χ0) is 21.1. The second kappa shape index (κ2) is 8.41. The Morgan fingerprint density at radius 1 is 1.13 bits per heavy atom. The van der Waals surface area contributed by atoms with E-state index < -0.39 is 11.9 Å². The van der Waals surface area contributed by atoms with Crippen LogP contribution < -0.4 is 10.1 Å². The quantitative estimate of drug-likeness (QED) is 0.491. The van der Waals surface area contributed by atoms with Crippen LogP contribution in [-0.2, 0) is 27.2 Å². The minimum absolute atomic E-state index is 0.250. The molecule has 0 fully saturated rings. The number of ether oxygens (including phenoxy) is 2. The number of rotatable bonds is 6. The Labute approximate surface area is 174 Å². The van der Waals surface area contributed by atoms with Gasteiger partial charge < -0.3 is 19.3 Å². The van der Waals surface area contributed by atoms with Crippen molar-refractivity contribution in [1.29, 1.82) is 0 Å². The van der Waals surface area contributed by atoms with E-state index in [1.165, 1.54) is 5.56 Å². The van der Waals surface area contributed by atoms with Gasteiger partial charge in [-0.25, -0.2) is 0 Å². The Bertz CT molecular complexity index is 1090. The van der Waals surface area contributed by atoms with Gasteiger partial charge in [0.25, 0.3) is 0 Å². The van der Waals surface area contributed by atoms with Gasteiger partial charge in [-0.3, -0.25) is 9.59 Å². The van der Waals surface area contributed by atoms with Gasteiger partial charge in [-0.1, -0.05) is 5.16 Å². The molecule has 30 heavy (non-hydrogen) atoms. The summed E-state index contributed by atoms with van der Waals surface area (Å²) >= 11 is 0. The number of carbonyl (C=O) groups is 2. The van der Waals surface area contributed by atoms with E-state index in [4.69, 9.17) is 14.0 Å². The third-order valence-electron chi connectivity index (χ3n) is 5.04. The molecule has 0 aliphatic heterocycles. The van der Waals surface area contributed by atoms with Crippen molar-refractivity contribution in [1.82, 2.24) is 5.16 Å². The van der Waals surface area contributed by atoms with Crippen molar-refractivity contribution in [2.75, 3.05) is 19.0 Å². The molecule has 1 aliphatic carbocycles. The van der Waals surface area contributed by atoms with Crippen LogP contribution in [0.5, 0.6) is 5.75 Å². The molecule has 7 nitrogen and oxygen atoms in total. The number of benzene rings is 2. The number of anilines is 1. The highest BCUT2D eigenvalue weighted by Crippen LogP contribution is 2.39. The van der Waals surface area contributed by atoms with Crippen LogP contribution in [0.25, 0.3) is 22.6 Å². The van der Waals surface area contributed by atoms with Gasteiger partial charge in [0.2, 0.25) is 5.91 Å². The molecule has 0 saturated heterocycles. The number of hydrogen-bond acceptors (Lipinski definition) is 6. The molecule has 3 aromatic rings. The first-order valence-corrected chi connectivity index (χ1v) is 9.80. The monoisotopic (exact) mass is 406 g/mol. The average Bonchev–Trinajstić information content (AvgIpc) is 3.18. The lowest BCUT2D eigenvalue weighted by Crippen LogP contribution is -2.18. The minimum Gasteiger partial charge on any atom is -0.497 e. The van der Waals surface area contributed by atoms with E-state index in [1.54, 1.807) is 26.2 Å². The number of methoxy groups -OCH3 is 1. The molecule has 1 amide bonds. The van der Waals surface area contributed by atoms with E-state index in [-0.39, 0.29) is 13.0 Å². The smallest absolute Gasteiger partial charge is 0.315 e. The van der Waals surface area contributed by atoms with E-state index in [0.29, 0.717) is 5.69 Å². The number of amides is 1. The van der Waals surface area contributed by atoms with Crippen molar-refractivity contribution in [3.63, 3.8) is 0 Å². The van der Waals surface area contributed by atoms with E-state index in [1.807, 2.05) is 30.3 Å². The Balaban J connectivity index is 1.52. The fourth-order valence-corrected chi connectivity index (χ4v) is 3.63. The molecule has 1 N–H and O–H groups in total. The Kier molecular flexibility index (Phi) is 5.52. The van der Waals surface area contributed by atoms with Crippen molar-refractivity contribution in [3.8, 4) is 28.3 Å². The van der Waals surface area contributed by atoms with Crippen LogP contribution in [0, 0.1) is 0 Å². The number of nitrogens with one attached hydrogen (secondary N) is 1. The van der Waals surface area contributed by atoms with Crippen LogP contribution in [0.1, 0.15) is 24.5 Å². The summed E-state index contributed by atoms with van der Waals surface area (Å²) in [5.74, 6) is 0.612. The molecule has 0 atom stereocenters. The normalized spacial score (nSPS) is 11.9. The Hall–Kier alpha value is -3.61. The fraction of sp³-hybridized carbons (Fsp3) is 0.261. The van der Waals surface area contributed by atoms with Crippen molar-refractivity contribution in [3.05, 3.63) is 53.6 Å². The predicted molar refractivity (Wildman–Crippen MR) is 111 cm³/mol. The third-order valence-corrected chi connectivity index (χ3v) is 5.04. The molecule has 4 rings (SSSR count). The topological polar surface area (TPSA) is 90.7 Å². The zero-order valence-electron chi connectivity index (χ0n) is 16.9. The highest BCUT2D eigenvalue weighted by atomic mass is 16.5. The Morgan fingerprint density at radius 2 is 1.93 bits per heavy atom. The molecular formula is C23H22N2O5. The van der Waals surface area contributed by atoms with Gasteiger partial charge in [0, 0.05) is 22.4 Å². The second-order valence-electron chi connectivity index (χ2n) is 6.97. The first-order chi connectivity index (χ1) is 14.6. The number of fused-ring (bicyclic) bond motifs is 3. The van der Waals surface area contributed by atoms with Crippen LogP contribution in [0.3, 0.4) is 0 Å². The highest BCUT2D eigenvalue weighted by Gasteiger charge is 2.25. The molecule has 2 aromatic carbocycles. The standard InChI is InChI=1S/C23H22N2O5/c1-3-29-21(27)13-20(26)24-16-7-4-14(5-8-16)23-19-10-6-15-12-17(28-2)9-11-18(15)22(19)25-30-23/h4-5,7-9,11-12H,3,6,10,13H2,1-2H3,(H,24,26). The molecule has 7 heteroatoms. The molecule has 154 valence electrons. The summed E-state index contributed by atoms with van der Waals surface area (Å²) in [5.41, 5.74) is 5.67. The molecule has 0 spiro atoms. The minimum atomic E-state index is -0.544. The first-order valence-electron chi connectivity index (χ1n) is 9.80. The third kappa shape index (κ3) is 3.91. The SMILES string of the molecule is CCOC(=O)CC(=O)Nc1ccc(-c2onc3c2CCc2cc(OC)ccc2-3)cc1. The van der Waals surface area contributed by atoms with Crippen LogP contribution in [0.4, 0.5) is 5.69 Å². The molecule has 0 bridgehead atoms. The molecule has 1 aliphatic rings. The van der Waals surface area contributed by atoms with Crippen molar-refractivity contribution in [2.24, 2.45) is 0 Å². The lowest BCUT2D eigenvalue weighted by Gasteiger charge is -2.16. The lowest BCUT2D eigenvalue weighted by molar-refractivity contribution is -0.145. The van der Waals surface area contributed by atoms with Crippen LogP contribution in [-0.4, -0.2) is 30.7 Å². The molecule has 1 heterocycles. The molecule has 0 saturated carbocycles. The highest BCUT2D eigenvalue weighted by molar-refractivity contribution is 6.02. The number of esters is 1. The Morgan fingerprint density at radius 3 is 2.67 bits per heavy atom. The lowest BCUT2D eigenvalue weighted by atomic mass is 9.88. The fourth-order valence-electron chi connectivity index (χ4n) is 3.63. The maximum atomic E-state index is 11.9. The van der Waals surface area contributed by atoms with Gasteiger partial charge in [0.1, 0.15) is 17.9 Å². The zero-order valence-corrected chi connectivity index (χ0v) is 16.9. The van der Waals surface area contributed by atoms with Gasteiger partial charge in [0.15, 0.2) is 5.76 Å². The van der Waals surface area contributed by atoms with Crippen molar-refractivity contribution < 1.29 is 23.6 Å². The van der Waals surface area contributed by atoms with E-state index in [2.05, 4.69) is 10.5 Å². The summed E-state index contributed by atoms with van der Waals surface area (Å²) in [6, 6.07) is 13.3. The number of carbonyl (C=O) groups excluding carboxylic acids is 2. The van der Waals surface area contributed by atoms with Crippen molar-refractivity contribution in [2.45, 2.75) is 26.2 Å². The molecule has 0 unspecified atom stereocenters. The predicted octanol–water partition coefficient (Wildman–Crippen LogP) is 4.01.